The Bertz CT molecular complexity index is 1680. The highest BCUT2D eigenvalue weighted by atomic mass is 32.2. The van der Waals surface area contributed by atoms with Crippen LogP contribution in [-0.4, -0.2) is 78.8 Å². The molecule has 0 N–H and O–H groups in total. The number of sulfone groups is 1. The molecule has 0 spiro atoms. The van der Waals surface area contributed by atoms with Gasteiger partial charge < -0.3 is 4.90 Å². The number of carbonyl (C=O) groups is 1. The summed E-state index contributed by atoms with van der Waals surface area (Å²) in [6.45, 7) is 9.36. The Balaban J connectivity index is 1.02. The van der Waals surface area contributed by atoms with Crippen LogP contribution in [-0.2, 0) is 16.4 Å². The van der Waals surface area contributed by atoms with Crippen LogP contribution in [0.2, 0.25) is 0 Å². The highest BCUT2D eigenvalue weighted by Crippen LogP contribution is 2.26. The maximum absolute atomic E-state index is 13.4. The summed E-state index contributed by atoms with van der Waals surface area (Å²) in [5.41, 5.74) is 2.71. The normalized spacial score (nSPS) is 19.3. The number of hydrogen-bond acceptors (Lipinski definition) is 6. The van der Waals surface area contributed by atoms with Crippen molar-refractivity contribution in [3.05, 3.63) is 102 Å². The molecule has 1 aromatic heterocycles. The first-order chi connectivity index (χ1) is 20.3. The predicted molar refractivity (Wildman–Crippen MR) is 165 cm³/mol. The average Bonchev–Trinajstić information content (AvgIpc) is 3.02. The minimum atomic E-state index is -3.63. The molecule has 2 aliphatic rings. The van der Waals surface area contributed by atoms with Crippen LogP contribution in [0.25, 0.3) is 10.8 Å². The van der Waals surface area contributed by atoms with Gasteiger partial charge in [-0.3, -0.25) is 14.6 Å². The summed E-state index contributed by atoms with van der Waals surface area (Å²) in [5.74, 6) is 0.134. The molecule has 42 heavy (non-hydrogen) atoms. The molecule has 4 aromatic rings. The lowest BCUT2D eigenvalue weighted by Gasteiger charge is -2.45. The quantitative estimate of drug-likeness (QED) is 0.312. The Labute approximate surface area is 248 Å². The Morgan fingerprint density at radius 3 is 2.40 bits per heavy atom. The van der Waals surface area contributed by atoms with Gasteiger partial charge in [0.25, 0.3) is 5.91 Å². The van der Waals surface area contributed by atoms with Crippen molar-refractivity contribution >= 4 is 26.5 Å². The van der Waals surface area contributed by atoms with E-state index in [0.717, 1.165) is 79.6 Å². The third-order valence-electron chi connectivity index (χ3n) is 8.84. The van der Waals surface area contributed by atoms with Gasteiger partial charge in [-0.1, -0.05) is 54.6 Å². The number of likely N-dealkylation sites (tertiary alicyclic amines) is 1. The van der Waals surface area contributed by atoms with Crippen molar-refractivity contribution in [3.63, 3.8) is 0 Å². The van der Waals surface area contributed by atoms with Crippen LogP contribution < -0.4 is 0 Å². The van der Waals surface area contributed by atoms with Gasteiger partial charge in [-0.15, -0.1) is 0 Å². The molecule has 0 unspecified atom stereocenters. The summed E-state index contributed by atoms with van der Waals surface area (Å²) in [4.78, 5) is 25.1. The van der Waals surface area contributed by atoms with E-state index < -0.39 is 9.84 Å². The molecular weight excluding hydrogens is 544 g/mol. The van der Waals surface area contributed by atoms with Crippen LogP contribution in [0.1, 0.15) is 41.3 Å². The van der Waals surface area contributed by atoms with Gasteiger partial charge in [0.1, 0.15) is 0 Å². The molecule has 3 aromatic carbocycles. The molecule has 8 heteroatoms. The Kier molecular flexibility index (Phi) is 8.12. The van der Waals surface area contributed by atoms with Crippen LogP contribution >= 0.6 is 0 Å². The molecule has 0 bridgehead atoms. The molecule has 1 atom stereocenters. The van der Waals surface area contributed by atoms with Crippen molar-refractivity contribution in [1.29, 1.82) is 0 Å². The van der Waals surface area contributed by atoms with Crippen LogP contribution in [0, 0.1) is 6.92 Å². The molecule has 1 amide bonds. The molecule has 2 aliphatic heterocycles. The van der Waals surface area contributed by atoms with Crippen LogP contribution in [0.4, 0.5) is 0 Å². The van der Waals surface area contributed by atoms with E-state index >= 15 is 0 Å². The zero-order valence-corrected chi connectivity index (χ0v) is 25.1. The van der Waals surface area contributed by atoms with Gasteiger partial charge in [-0.05, 0) is 72.9 Å². The molecule has 0 radical (unpaired) electrons. The average molecular weight is 583 g/mol. The summed E-state index contributed by atoms with van der Waals surface area (Å²) >= 11 is 0. The number of carbonyl (C=O) groups excluding carboxylic acids is 1. The van der Waals surface area contributed by atoms with Gasteiger partial charge in [0.15, 0.2) is 5.03 Å². The van der Waals surface area contributed by atoms with Crippen molar-refractivity contribution in [1.82, 2.24) is 19.7 Å². The highest BCUT2D eigenvalue weighted by Gasteiger charge is 2.32. The molecule has 0 saturated carbocycles. The number of aryl methyl sites for hydroxylation is 1. The smallest absolute Gasteiger partial charge is 0.254 e. The van der Waals surface area contributed by atoms with E-state index in [1.165, 1.54) is 0 Å². The van der Waals surface area contributed by atoms with Crippen molar-refractivity contribution in [2.45, 2.75) is 55.2 Å². The maximum Gasteiger partial charge on any atom is 0.254 e. The zero-order chi connectivity index (χ0) is 29.3. The first-order valence-corrected chi connectivity index (χ1v) is 16.3. The number of nitrogens with zero attached hydrogens (tertiary/aromatic N) is 4. The largest absolute Gasteiger partial charge is 0.339 e. The number of benzene rings is 3. The number of aromatic nitrogens is 1. The van der Waals surface area contributed by atoms with E-state index in [2.05, 4.69) is 33.8 Å². The molecule has 2 fully saturated rings. The molecule has 7 nitrogen and oxygen atoms in total. The van der Waals surface area contributed by atoms with Gasteiger partial charge in [0, 0.05) is 63.1 Å². The summed E-state index contributed by atoms with van der Waals surface area (Å²) in [6.07, 6.45) is 3.68. The number of piperidine rings is 1. The van der Waals surface area contributed by atoms with E-state index in [0.29, 0.717) is 12.1 Å². The second kappa shape index (κ2) is 12.0. The fraction of sp³-hybridized carbons (Fsp3) is 0.353. The van der Waals surface area contributed by atoms with E-state index in [1.807, 2.05) is 54.3 Å². The third kappa shape index (κ3) is 5.84. The lowest BCUT2D eigenvalue weighted by Crippen LogP contribution is -2.56. The van der Waals surface area contributed by atoms with Crippen molar-refractivity contribution < 1.29 is 13.2 Å². The Morgan fingerprint density at radius 2 is 1.67 bits per heavy atom. The predicted octanol–water partition coefficient (Wildman–Crippen LogP) is 5.19. The van der Waals surface area contributed by atoms with Crippen LogP contribution in [0.15, 0.2) is 95.0 Å². The van der Waals surface area contributed by atoms with E-state index in [1.54, 1.807) is 30.5 Å². The third-order valence-corrected chi connectivity index (χ3v) is 10.5. The number of fused-ring (bicyclic) bond motifs is 1. The van der Waals surface area contributed by atoms with Crippen LogP contribution in [0.3, 0.4) is 0 Å². The first kappa shape index (κ1) is 28.5. The van der Waals surface area contributed by atoms with Gasteiger partial charge >= 0.3 is 0 Å². The molecule has 2 saturated heterocycles. The van der Waals surface area contributed by atoms with Crippen molar-refractivity contribution in [2.75, 3.05) is 32.7 Å². The topological polar surface area (TPSA) is 73.8 Å². The Hall–Kier alpha value is -3.59. The number of hydrogen-bond donors (Lipinski definition) is 0. The van der Waals surface area contributed by atoms with E-state index in [4.69, 9.17) is 0 Å². The first-order valence-electron chi connectivity index (χ1n) is 14.8. The summed E-state index contributed by atoms with van der Waals surface area (Å²) < 4.78 is 26.0. The van der Waals surface area contributed by atoms with Crippen molar-refractivity contribution in [2.24, 2.45) is 0 Å². The van der Waals surface area contributed by atoms with E-state index in [9.17, 15) is 13.2 Å². The minimum absolute atomic E-state index is 0.0833. The summed E-state index contributed by atoms with van der Waals surface area (Å²) in [5, 5.41) is 2.21. The summed E-state index contributed by atoms with van der Waals surface area (Å²) in [7, 11) is -3.63. The second-order valence-corrected chi connectivity index (χ2v) is 13.6. The maximum atomic E-state index is 13.4. The molecule has 218 valence electrons. The molecule has 0 aliphatic carbocycles. The summed E-state index contributed by atoms with van der Waals surface area (Å²) in [6, 6.07) is 25.4. The second-order valence-electron chi connectivity index (χ2n) is 11.7. The van der Waals surface area contributed by atoms with Crippen LogP contribution in [0.5, 0.6) is 0 Å². The lowest BCUT2D eigenvalue weighted by molar-refractivity contribution is 0.0259. The number of rotatable bonds is 6. The van der Waals surface area contributed by atoms with Gasteiger partial charge in [-0.25, -0.2) is 13.4 Å². The number of amides is 1. The molecular formula is C34H38N4O3S. The SMILES string of the molecule is Cc1cccc(S(=O)(=O)c2ccc(CN3CCN(C4CCN(C(=O)c5cccc6ccccc56)CC4)C[C@H]3C)cn2)c1. The fourth-order valence-electron chi connectivity index (χ4n) is 6.41. The van der Waals surface area contributed by atoms with Gasteiger partial charge in [0.05, 0.1) is 4.90 Å². The number of piperazine rings is 1. The molecule has 3 heterocycles. The Morgan fingerprint density at radius 1 is 0.905 bits per heavy atom. The van der Waals surface area contributed by atoms with Gasteiger partial charge in [-0.2, -0.15) is 0 Å². The highest BCUT2D eigenvalue weighted by molar-refractivity contribution is 7.91. The zero-order valence-electron chi connectivity index (χ0n) is 24.3. The molecule has 6 rings (SSSR count). The van der Waals surface area contributed by atoms with Crippen molar-refractivity contribution in [3.8, 4) is 0 Å². The fourth-order valence-corrected chi connectivity index (χ4v) is 7.69. The lowest BCUT2D eigenvalue weighted by atomic mass is 9.98. The van der Waals surface area contributed by atoms with Gasteiger partial charge in [0.2, 0.25) is 9.84 Å². The van der Waals surface area contributed by atoms with E-state index in [-0.39, 0.29) is 15.8 Å². The number of pyridine rings is 1. The monoisotopic (exact) mass is 582 g/mol. The minimum Gasteiger partial charge on any atom is -0.339 e. The standard InChI is InChI=1S/C34H38N4O3S/c1-25-7-5-10-30(21-25)42(40,41)33-14-13-27(22-35-33)24-37-19-20-38(23-26(37)2)29-15-17-36(18-16-29)34(39)32-12-6-9-28-8-3-4-11-31(28)32/h3-14,21-22,26,29H,15-20,23-24H2,1-2H3/t26-/m1/s1.